The number of allylic oxidation sites excluding steroid dienone is 8. The van der Waals surface area contributed by atoms with Crippen LogP contribution < -0.4 is 0 Å². The smallest absolute Gasteiger partial charge is 0.306 e. The number of carbonyl (C=O) groups is 3. The van der Waals surface area contributed by atoms with E-state index in [9.17, 15) is 14.4 Å². The molecule has 0 aromatic heterocycles. The molecular weight excluding hydrogens is 781 g/mol. The van der Waals surface area contributed by atoms with Gasteiger partial charge in [0.05, 0.1) is 0 Å². The molecule has 0 bridgehead atoms. The van der Waals surface area contributed by atoms with E-state index in [1.807, 2.05) is 0 Å². The lowest BCUT2D eigenvalue weighted by Crippen LogP contribution is -2.30. The fourth-order valence-corrected chi connectivity index (χ4v) is 7.69. The Morgan fingerprint density at radius 2 is 0.587 bits per heavy atom. The maximum absolute atomic E-state index is 12.8. The van der Waals surface area contributed by atoms with Crippen molar-refractivity contribution in [2.24, 2.45) is 0 Å². The Bertz CT molecular complexity index is 1110. The molecule has 0 saturated heterocycles. The van der Waals surface area contributed by atoms with E-state index in [1.165, 1.54) is 161 Å². The number of esters is 3. The second-order valence-electron chi connectivity index (χ2n) is 18.1. The number of hydrogen-bond donors (Lipinski definition) is 0. The minimum atomic E-state index is -0.798. The summed E-state index contributed by atoms with van der Waals surface area (Å²) in [7, 11) is 0. The highest BCUT2D eigenvalue weighted by Gasteiger charge is 2.19. The van der Waals surface area contributed by atoms with Crippen molar-refractivity contribution in [2.45, 2.75) is 284 Å². The van der Waals surface area contributed by atoms with Crippen LogP contribution in [0.5, 0.6) is 0 Å². The fraction of sp³-hybridized carbons (Fsp3) is 0.807. The van der Waals surface area contributed by atoms with E-state index in [1.54, 1.807) is 0 Å². The van der Waals surface area contributed by atoms with Crippen molar-refractivity contribution < 1.29 is 28.6 Å². The molecule has 0 N–H and O–H groups in total. The summed E-state index contributed by atoms with van der Waals surface area (Å²) in [6.07, 6.45) is 62.4. The van der Waals surface area contributed by atoms with E-state index >= 15 is 0 Å². The summed E-state index contributed by atoms with van der Waals surface area (Å²) in [6, 6.07) is 0. The lowest BCUT2D eigenvalue weighted by atomic mass is 10.0. The van der Waals surface area contributed by atoms with Gasteiger partial charge in [0.15, 0.2) is 6.10 Å². The predicted octanol–water partition coefficient (Wildman–Crippen LogP) is 17.9. The summed E-state index contributed by atoms with van der Waals surface area (Å²) >= 11 is 0. The molecule has 0 fully saturated rings. The Morgan fingerprint density at radius 1 is 0.317 bits per heavy atom. The van der Waals surface area contributed by atoms with Gasteiger partial charge in [0.25, 0.3) is 0 Å². The fourth-order valence-electron chi connectivity index (χ4n) is 7.69. The number of rotatable bonds is 49. The Hall–Kier alpha value is -2.63. The summed E-state index contributed by atoms with van der Waals surface area (Å²) in [6.45, 7) is 6.59. The monoisotopic (exact) mass is 883 g/mol. The largest absolute Gasteiger partial charge is 0.462 e. The first-order valence-electron chi connectivity index (χ1n) is 27.1. The lowest BCUT2D eigenvalue weighted by Gasteiger charge is -2.18. The van der Waals surface area contributed by atoms with Crippen LogP contribution in [0.4, 0.5) is 0 Å². The van der Waals surface area contributed by atoms with Crippen molar-refractivity contribution in [1.29, 1.82) is 0 Å². The maximum Gasteiger partial charge on any atom is 0.306 e. The van der Waals surface area contributed by atoms with Crippen LogP contribution in [0.1, 0.15) is 278 Å². The Balaban J connectivity index is 4.45. The number of unbranched alkanes of at least 4 members (excludes halogenated alkanes) is 30. The molecule has 0 aromatic rings. The standard InChI is InChI=1S/C57H102O6/c1-4-7-10-13-16-19-22-25-28-29-30-33-35-38-41-44-47-50-56(59)62-53-54(63-57(60)51-48-45-42-39-36-32-27-24-21-18-15-12-9-6-3)52-61-55(58)49-46-43-40-37-34-31-26-23-20-17-14-11-8-5-2/h25,28,30,32-33,36,38,41,54H,4-24,26-27,29,31,34-35,37,39-40,42-53H2,1-3H3/b28-25-,33-30-,36-32-,41-38-. The van der Waals surface area contributed by atoms with Gasteiger partial charge in [-0.15, -0.1) is 0 Å². The van der Waals surface area contributed by atoms with Gasteiger partial charge in [-0.25, -0.2) is 0 Å². The second kappa shape index (κ2) is 52.0. The van der Waals surface area contributed by atoms with Gasteiger partial charge in [0, 0.05) is 19.3 Å². The van der Waals surface area contributed by atoms with Gasteiger partial charge in [0.1, 0.15) is 13.2 Å². The average Bonchev–Trinajstić information content (AvgIpc) is 3.28. The zero-order valence-corrected chi connectivity index (χ0v) is 41.8. The number of carbonyl (C=O) groups excluding carboxylic acids is 3. The molecule has 0 spiro atoms. The van der Waals surface area contributed by atoms with E-state index in [4.69, 9.17) is 14.2 Å². The molecule has 0 heterocycles. The van der Waals surface area contributed by atoms with Crippen LogP contribution >= 0.6 is 0 Å². The molecule has 366 valence electrons. The summed E-state index contributed by atoms with van der Waals surface area (Å²) in [5, 5.41) is 0. The van der Waals surface area contributed by atoms with Gasteiger partial charge in [0.2, 0.25) is 0 Å². The third-order valence-corrected chi connectivity index (χ3v) is 11.8. The van der Waals surface area contributed by atoms with E-state index in [2.05, 4.69) is 69.4 Å². The molecule has 0 amide bonds. The Kier molecular flexibility index (Phi) is 49.8. The average molecular weight is 883 g/mol. The maximum atomic E-state index is 12.8. The highest BCUT2D eigenvalue weighted by atomic mass is 16.6. The zero-order chi connectivity index (χ0) is 45.8. The SMILES string of the molecule is CCCCCCCC/C=C\C/C=C\C/C=C\CCCC(=O)OCC(COC(=O)CCCCCCCCCCCCCCCC)OC(=O)CCCCC/C=C\CCCCCCCCC. The lowest BCUT2D eigenvalue weighted by molar-refractivity contribution is -0.167. The summed E-state index contributed by atoms with van der Waals surface area (Å²) in [5.74, 6) is -0.953. The van der Waals surface area contributed by atoms with E-state index < -0.39 is 6.10 Å². The summed E-state index contributed by atoms with van der Waals surface area (Å²) in [4.78, 5) is 38.0. The first kappa shape index (κ1) is 60.4. The van der Waals surface area contributed by atoms with Gasteiger partial charge in [-0.05, 0) is 77.0 Å². The van der Waals surface area contributed by atoms with Crippen LogP contribution in [0.3, 0.4) is 0 Å². The van der Waals surface area contributed by atoms with Gasteiger partial charge in [-0.1, -0.05) is 230 Å². The molecule has 6 heteroatoms. The predicted molar refractivity (Wildman–Crippen MR) is 270 cm³/mol. The van der Waals surface area contributed by atoms with Crippen molar-refractivity contribution >= 4 is 17.9 Å². The van der Waals surface area contributed by atoms with Crippen LogP contribution in [-0.4, -0.2) is 37.2 Å². The van der Waals surface area contributed by atoms with Crippen molar-refractivity contribution in [3.05, 3.63) is 48.6 Å². The van der Waals surface area contributed by atoms with Gasteiger partial charge in [-0.3, -0.25) is 14.4 Å². The summed E-state index contributed by atoms with van der Waals surface area (Å²) < 4.78 is 16.8. The second-order valence-corrected chi connectivity index (χ2v) is 18.1. The molecule has 0 aliphatic carbocycles. The van der Waals surface area contributed by atoms with E-state index in [0.717, 1.165) is 70.6 Å². The molecule has 0 saturated carbocycles. The van der Waals surface area contributed by atoms with Gasteiger partial charge >= 0.3 is 17.9 Å². The van der Waals surface area contributed by atoms with Crippen LogP contribution in [0, 0.1) is 0 Å². The minimum absolute atomic E-state index is 0.0921. The van der Waals surface area contributed by atoms with Crippen molar-refractivity contribution in [2.75, 3.05) is 13.2 Å². The molecule has 0 aliphatic heterocycles. The Labute approximate surface area is 390 Å². The topological polar surface area (TPSA) is 78.9 Å². The third-order valence-electron chi connectivity index (χ3n) is 11.8. The Morgan fingerprint density at radius 3 is 0.984 bits per heavy atom. The first-order valence-corrected chi connectivity index (χ1v) is 27.1. The first-order chi connectivity index (χ1) is 31.0. The summed E-state index contributed by atoms with van der Waals surface area (Å²) in [5.41, 5.74) is 0. The van der Waals surface area contributed by atoms with Gasteiger partial charge < -0.3 is 14.2 Å². The molecular formula is C57H102O6. The van der Waals surface area contributed by atoms with Crippen molar-refractivity contribution in [1.82, 2.24) is 0 Å². The van der Waals surface area contributed by atoms with Crippen LogP contribution in [-0.2, 0) is 28.6 Å². The molecule has 0 aliphatic rings. The third kappa shape index (κ3) is 50.2. The highest BCUT2D eigenvalue weighted by Crippen LogP contribution is 2.15. The van der Waals surface area contributed by atoms with Crippen molar-refractivity contribution in [3.8, 4) is 0 Å². The van der Waals surface area contributed by atoms with Crippen molar-refractivity contribution in [3.63, 3.8) is 0 Å². The van der Waals surface area contributed by atoms with Crippen LogP contribution in [0.2, 0.25) is 0 Å². The minimum Gasteiger partial charge on any atom is -0.462 e. The molecule has 0 radical (unpaired) electrons. The highest BCUT2D eigenvalue weighted by molar-refractivity contribution is 5.71. The zero-order valence-electron chi connectivity index (χ0n) is 41.8. The quantitative estimate of drug-likeness (QED) is 0.0262. The number of ether oxygens (including phenoxy) is 3. The molecule has 6 nitrogen and oxygen atoms in total. The van der Waals surface area contributed by atoms with Crippen LogP contribution in [0.25, 0.3) is 0 Å². The molecule has 1 unspecified atom stereocenters. The molecule has 1 atom stereocenters. The van der Waals surface area contributed by atoms with E-state index in [0.29, 0.717) is 19.3 Å². The molecule has 0 rings (SSSR count). The number of hydrogen-bond acceptors (Lipinski definition) is 6. The van der Waals surface area contributed by atoms with E-state index in [-0.39, 0.29) is 37.5 Å². The van der Waals surface area contributed by atoms with Crippen LogP contribution in [0.15, 0.2) is 48.6 Å². The molecule has 0 aromatic carbocycles. The van der Waals surface area contributed by atoms with Gasteiger partial charge in [-0.2, -0.15) is 0 Å². The normalized spacial score (nSPS) is 12.4. The molecule has 63 heavy (non-hydrogen) atoms.